The predicted molar refractivity (Wildman–Crippen MR) is 68.8 cm³/mol. The molecule has 0 amide bonds. The molecule has 0 bridgehead atoms. The lowest BCUT2D eigenvalue weighted by molar-refractivity contribution is 0.141. The second-order valence-electron chi connectivity index (χ2n) is 4.52. The zero-order valence-electron chi connectivity index (χ0n) is 10.8. The van der Waals surface area contributed by atoms with Crippen LogP contribution in [0.3, 0.4) is 0 Å². The summed E-state index contributed by atoms with van der Waals surface area (Å²) >= 11 is 0. The van der Waals surface area contributed by atoms with E-state index in [9.17, 15) is 9.50 Å². The summed E-state index contributed by atoms with van der Waals surface area (Å²) in [5.41, 5.74) is 0.493. The minimum absolute atomic E-state index is 0.397. The molecule has 4 nitrogen and oxygen atoms in total. The van der Waals surface area contributed by atoms with Crippen LogP contribution < -0.4 is 0 Å². The highest BCUT2D eigenvalue weighted by atomic mass is 19.1. The number of pyridine rings is 1. The normalized spacial score (nSPS) is 12.8. The molecule has 102 valence electrons. The van der Waals surface area contributed by atoms with Crippen LogP contribution in [0.2, 0.25) is 0 Å². The largest absolute Gasteiger partial charge is 0.468 e. The van der Waals surface area contributed by atoms with Crippen LogP contribution in [-0.4, -0.2) is 28.6 Å². The van der Waals surface area contributed by atoms with Crippen LogP contribution in [0.25, 0.3) is 0 Å². The Kier molecular flexibility index (Phi) is 4.65. The maximum absolute atomic E-state index is 12.7. The van der Waals surface area contributed by atoms with Crippen LogP contribution in [0, 0.1) is 5.82 Å². The first-order valence-electron chi connectivity index (χ1n) is 6.15. The van der Waals surface area contributed by atoms with Gasteiger partial charge in [0, 0.05) is 6.54 Å². The van der Waals surface area contributed by atoms with Crippen molar-refractivity contribution in [2.24, 2.45) is 0 Å². The van der Waals surface area contributed by atoms with Crippen molar-refractivity contribution in [2.75, 3.05) is 13.6 Å². The Morgan fingerprint density at radius 2 is 2.26 bits per heavy atom. The van der Waals surface area contributed by atoms with Gasteiger partial charge in [-0.05, 0) is 37.7 Å². The van der Waals surface area contributed by atoms with Gasteiger partial charge in [-0.25, -0.2) is 4.39 Å². The number of furan rings is 1. The molecule has 19 heavy (non-hydrogen) atoms. The number of hydrogen-bond acceptors (Lipinski definition) is 4. The Balaban J connectivity index is 1.79. The van der Waals surface area contributed by atoms with Gasteiger partial charge in [0.1, 0.15) is 11.6 Å². The van der Waals surface area contributed by atoms with Crippen molar-refractivity contribution in [1.82, 2.24) is 9.88 Å². The fraction of sp³-hybridized carbons (Fsp3) is 0.357. The summed E-state index contributed by atoms with van der Waals surface area (Å²) < 4.78 is 18.0. The molecule has 0 fully saturated rings. The van der Waals surface area contributed by atoms with E-state index in [1.165, 1.54) is 12.1 Å². The quantitative estimate of drug-likeness (QED) is 0.870. The van der Waals surface area contributed by atoms with Crippen LogP contribution in [0.15, 0.2) is 41.1 Å². The van der Waals surface area contributed by atoms with Crippen LogP contribution in [-0.2, 0) is 6.54 Å². The van der Waals surface area contributed by atoms with Gasteiger partial charge in [0.05, 0.1) is 30.8 Å². The number of halogens is 1. The molecule has 2 heterocycles. The van der Waals surface area contributed by atoms with Crippen LogP contribution in [0.1, 0.15) is 24.0 Å². The smallest absolute Gasteiger partial charge is 0.141 e. The second-order valence-corrected chi connectivity index (χ2v) is 4.52. The second kappa shape index (κ2) is 6.45. The van der Waals surface area contributed by atoms with E-state index in [0.717, 1.165) is 12.0 Å². The van der Waals surface area contributed by atoms with Crippen molar-refractivity contribution in [3.63, 3.8) is 0 Å². The first-order valence-corrected chi connectivity index (χ1v) is 6.15. The number of nitrogens with zero attached hydrogens (tertiary/aromatic N) is 2. The maximum atomic E-state index is 12.7. The molecule has 0 aliphatic heterocycles. The molecule has 0 aliphatic carbocycles. The Bertz CT molecular complexity index is 485. The van der Waals surface area contributed by atoms with Crippen molar-refractivity contribution in [3.8, 4) is 0 Å². The van der Waals surface area contributed by atoms with Crippen molar-refractivity contribution < 1.29 is 13.9 Å². The highest BCUT2D eigenvalue weighted by molar-refractivity contribution is 5.08. The molecule has 0 saturated heterocycles. The number of rotatable bonds is 6. The molecule has 1 unspecified atom stereocenters. The van der Waals surface area contributed by atoms with E-state index in [1.54, 1.807) is 6.26 Å². The molecule has 0 saturated carbocycles. The van der Waals surface area contributed by atoms with Gasteiger partial charge in [-0.15, -0.1) is 0 Å². The van der Waals surface area contributed by atoms with Gasteiger partial charge in [-0.2, -0.15) is 0 Å². The Morgan fingerprint density at radius 1 is 1.42 bits per heavy atom. The first-order chi connectivity index (χ1) is 9.15. The van der Waals surface area contributed by atoms with Gasteiger partial charge >= 0.3 is 0 Å². The molecule has 2 aromatic rings. The van der Waals surface area contributed by atoms with Gasteiger partial charge in [-0.1, -0.05) is 0 Å². The van der Waals surface area contributed by atoms with Crippen LogP contribution in [0.4, 0.5) is 4.39 Å². The Hall–Kier alpha value is -1.72. The zero-order valence-corrected chi connectivity index (χ0v) is 10.8. The minimum atomic E-state index is -0.681. The molecule has 2 aromatic heterocycles. The first kappa shape index (κ1) is 13.7. The van der Waals surface area contributed by atoms with Crippen molar-refractivity contribution in [1.29, 1.82) is 0 Å². The summed E-state index contributed by atoms with van der Waals surface area (Å²) in [7, 11) is 1.95. The number of aliphatic hydroxyl groups is 1. The van der Waals surface area contributed by atoms with E-state index >= 15 is 0 Å². The maximum Gasteiger partial charge on any atom is 0.141 e. The summed E-state index contributed by atoms with van der Waals surface area (Å²) in [6, 6.07) is 6.57. The summed E-state index contributed by atoms with van der Waals surface area (Å²) in [5, 5.41) is 9.95. The number of hydrogen-bond donors (Lipinski definition) is 1. The lowest BCUT2D eigenvalue weighted by atomic mass is 10.1. The lowest BCUT2D eigenvalue weighted by Crippen LogP contribution is -2.20. The standard InChI is InChI=1S/C14H17FN2O2/c1-17(10-12-3-2-8-19-12)7-6-14(18)13-5-4-11(15)9-16-13/h2-5,8-9,14,18H,6-7,10H2,1H3. The summed E-state index contributed by atoms with van der Waals surface area (Å²) in [6.07, 6.45) is 2.61. The molecule has 5 heteroatoms. The average molecular weight is 264 g/mol. The third-order valence-electron chi connectivity index (χ3n) is 2.88. The summed E-state index contributed by atoms with van der Waals surface area (Å²) in [5.74, 6) is 0.489. The topological polar surface area (TPSA) is 49.5 Å². The average Bonchev–Trinajstić information content (AvgIpc) is 2.89. The molecular formula is C14H17FN2O2. The Labute approximate surface area is 111 Å². The van der Waals surface area contributed by atoms with Gasteiger partial charge in [0.2, 0.25) is 0 Å². The van der Waals surface area contributed by atoms with Gasteiger partial charge in [0.25, 0.3) is 0 Å². The molecule has 0 radical (unpaired) electrons. The summed E-state index contributed by atoms with van der Waals surface area (Å²) in [4.78, 5) is 5.92. The number of aromatic nitrogens is 1. The van der Waals surface area contributed by atoms with Gasteiger partial charge < -0.3 is 9.52 Å². The zero-order chi connectivity index (χ0) is 13.7. The van der Waals surface area contributed by atoms with E-state index in [4.69, 9.17) is 4.42 Å². The molecule has 0 aliphatic rings. The highest BCUT2D eigenvalue weighted by Crippen LogP contribution is 2.15. The van der Waals surface area contributed by atoms with Crippen molar-refractivity contribution in [3.05, 3.63) is 54.0 Å². The third-order valence-corrected chi connectivity index (χ3v) is 2.88. The summed E-state index contributed by atoms with van der Waals surface area (Å²) in [6.45, 7) is 1.39. The van der Waals surface area contributed by atoms with E-state index in [0.29, 0.717) is 25.2 Å². The number of aliphatic hydroxyl groups excluding tert-OH is 1. The van der Waals surface area contributed by atoms with E-state index < -0.39 is 11.9 Å². The predicted octanol–water partition coefficient (Wildman–Crippen LogP) is 2.37. The van der Waals surface area contributed by atoms with Crippen LogP contribution in [0.5, 0.6) is 0 Å². The van der Waals surface area contributed by atoms with Crippen molar-refractivity contribution >= 4 is 0 Å². The van der Waals surface area contributed by atoms with Gasteiger partial charge in [-0.3, -0.25) is 9.88 Å². The van der Waals surface area contributed by atoms with Crippen molar-refractivity contribution in [2.45, 2.75) is 19.1 Å². The molecule has 0 aromatic carbocycles. The van der Waals surface area contributed by atoms with Crippen LogP contribution >= 0.6 is 0 Å². The van der Waals surface area contributed by atoms with E-state index in [1.807, 2.05) is 24.1 Å². The minimum Gasteiger partial charge on any atom is -0.468 e. The van der Waals surface area contributed by atoms with Gasteiger partial charge in [0.15, 0.2) is 0 Å². The molecule has 1 N–H and O–H groups in total. The lowest BCUT2D eigenvalue weighted by Gasteiger charge is -2.17. The van der Waals surface area contributed by atoms with E-state index in [-0.39, 0.29) is 0 Å². The molecule has 0 spiro atoms. The molecule has 2 rings (SSSR count). The fourth-order valence-electron chi connectivity index (χ4n) is 1.82. The fourth-order valence-corrected chi connectivity index (χ4v) is 1.82. The SMILES string of the molecule is CN(CCC(O)c1ccc(F)cn1)Cc1ccco1. The highest BCUT2D eigenvalue weighted by Gasteiger charge is 2.11. The Morgan fingerprint density at radius 3 is 2.89 bits per heavy atom. The third kappa shape index (κ3) is 4.15. The monoisotopic (exact) mass is 264 g/mol. The molecule has 1 atom stereocenters. The van der Waals surface area contributed by atoms with E-state index in [2.05, 4.69) is 4.98 Å². The molecular weight excluding hydrogens is 247 g/mol.